The number of hydrogen-bond donors (Lipinski definition) is 4. The zero-order valence-electron chi connectivity index (χ0n) is 21.2. The Labute approximate surface area is 214 Å². The highest BCUT2D eigenvalue weighted by Gasteiger charge is 2.17. The maximum Gasteiger partial charge on any atom is 0.328 e. The number of nitrogens with one attached hydrogen (secondary N) is 1. The number of rotatable bonds is 18. The van der Waals surface area contributed by atoms with E-state index in [1.807, 2.05) is 18.2 Å². The van der Waals surface area contributed by atoms with Crippen molar-refractivity contribution in [2.45, 2.75) is 77.2 Å². The number of carboxylic acid groups (broad SMARTS) is 1. The summed E-state index contributed by atoms with van der Waals surface area (Å²) in [6.45, 7) is 2.28. The molecule has 2 aromatic rings. The molecule has 9 nitrogen and oxygen atoms in total. The first-order valence-electron chi connectivity index (χ1n) is 12.8. The van der Waals surface area contributed by atoms with Gasteiger partial charge in [0.25, 0.3) is 0 Å². The van der Waals surface area contributed by atoms with Gasteiger partial charge in [0, 0.05) is 12.3 Å². The van der Waals surface area contributed by atoms with Crippen molar-refractivity contribution in [3.63, 3.8) is 0 Å². The second-order valence-corrected chi connectivity index (χ2v) is 9.21. The normalized spacial score (nSPS) is 13.2. The molecule has 0 aliphatic rings. The van der Waals surface area contributed by atoms with Gasteiger partial charge in [-0.3, -0.25) is 4.98 Å². The van der Waals surface area contributed by atoms with Gasteiger partial charge in [0.15, 0.2) is 5.96 Å². The maximum atomic E-state index is 11.5. The van der Waals surface area contributed by atoms with E-state index in [9.17, 15) is 15.0 Å². The third-order valence-corrected chi connectivity index (χ3v) is 6.19. The summed E-state index contributed by atoms with van der Waals surface area (Å²) in [6, 6.07) is 6.65. The lowest BCUT2D eigenvalue weighted by atomic mass is 9.87. The number of unbranched alkanes of at least 4 members (excludes halogenated alkanes) is 5. The number of aliphatic carboxylic acids is 1. The van der Waals surface area contributed by atoms with Gasteiger partial charge in [0.1, 0.15) is 0 Å². The van der Waals surface area contributed by atoms with Crippen LogP contribution in [0.3, 0.4) is 0 Å². The fourth-order valence-electron chi connectivity index (χ4n) is 4.31. The van der Waals surface area contributed by atoms with E-state index in [0.29, 0.717) is 23.7 Å². The summed E-state index contributed by atoms with van der Waals surface area (Å²) >= 11 is 0. The number of hydrogen-bond acceptors (Lipinski definition) is 4. The molecular weight excluding hydrogens is 456 g/mol. The quantitative estimate of drug-likeness (QED) is 0.102. The largest absolute Gasteiger partial charge is 0.859 e. The van der Waals surface area contributed by atoms with Crippen LogP contribution < -0.4 is 16.6 Å². The number of carbonyl (C=O) groups is 1. The second kappa shape index (κ2) is 16.2. The van der Waals surface area contributed by atoms with Gasteiger partial charge in [-0.15, -0.1) is 0 Å². The van der Waals surface area contributed by atoms with Crippen LogP contribution in [-0.2, 0) is 11.2 Å². The third kappa shape index (κ3) is 11.8. The predicted molar refractivity (Wildman–Crippen MR) is 142 cm³/mol. The lowest BCUT2D eigenvalue weighted by molar-refractivity contribution is -0.275. The fourth-order valence-corrected chi connectivity index (χ4v) is 4.31. The van der Waals surface area contributed by atoms with Crippen molar-refractivity contribution in [1.29, 1.82) is 0 Å². The average molecular weight is 497 g/mol. The zero-order valence-corrected chi connectivity index (χ0v) is 21.2. The first-order chi connectivity index (χ1) is 17.4. The Bertz CT molecular complexity index is 937. The topological polar surface area (TPSA) is 168 Å². The number of pyridine rings is 1. The van der Waals surface area contributed by atoms with Crippen LogP contribution in [0.15, 0.2) is 53.3 Å². The Morgan fingerprint density at radius 3 is 2.58 bits per heavy atom. The summed E-state index contributed by atoms with van der Waals surface area (Å²) in [6.07, 6.45) is 15.3. The van der Waals surface area contributed by atoms with Gasteiger partial charge in [0.2, 0.25) is 0 Å². The average Bonchev–Trinajstić information content (AvgIpc) is 3.35. The van der Waals surface area contributed by atoms with Gasteiger partial charge in [-0.25, -0.2) is 9.79 Å². The van der Waals surface area contributed by atoms with E-state index in [1.165, 1.54) is 38.2 Å². The van der Waals surface area contributed by atoms with Crippen LogP contribution in [0.5, 0.6) is 5.88 Å². The first-order valence-corrected chi connectivity index (χ1v) is 12.8. The molecule has 198 valence electrons. The maximum absolute atomic E-state index is 11.5. The molecule has 0 saturated heterocycles. The number of carboxylic acids is 1. The Morgan fingerprint density at radius 2 is 1.94 bits per heavy atom. The van der Waals surface area contributed by atoms with E-state index in [2.05, 4.69) is 21.9 Å². The van der Waals surface area contributed by atoms with Gasteiger partial charge in [-0.2, -0.15) is 0 Å². The Morgan fingerprint density at radius 1 is 1.17 bits per heavy atom. The number of nitrogens with two attached hydrogens (primary N) is 2. The van der Waals surface area contributed by atoms with Crippen molar-refractivity contribution >= 4 is 17.7 Å². The van der Waals surface area contributed by atoms with Gasteiger partial charge in [-0.05, 0) is 48.2 Å². The lowest BCUT2D eigenvalue weighted by Gasteiger charge is -2.29. The molecule has 9 heteroatoms. The molecule has 2 heterocycles. The van der Waals surface area contributed by atoms with Crippen molar-refractivity contribution in [2.75, 3.05) is 6.54 Å². The van der Waals surface area contributed by atoms with Crippen LogP contribution in [0.25, 0.3) is 5.32 Å². The molecule has 2 aromatic heterocycles. The molecule has 0 fully saturated rings. The van der Waals surface area contributed by atoms with Gasteiger partial charge >= 0.3 is 5.97 Å². The van der Waals surface area contributed by atoms with Crippen LogP contribution in [-0.4, -0.2) is 39.6 Å². The number of guanidine groups is 1. The van der Waals surface area contributed by atoms with Crippen molar-refractivity contribution in [2.24, 2.45) is 22.4 Å². The molecule has 0 aliphatic carbocycles. The van der Waals surface area contributed by atoms with Crippen molar-refractivity contribution < 1.29 is 15.0 Å². The fraction of sp³-hybridized carbons (Fsp3) is 0.519. The summed E-state index contributed by atoms with van der Waals surface area (Å²) in [4.78, 5) is 22.6. The second-order valence-electron chi connectivity index (χ2n) is 9.21. The Balaban J connectivity index is 2.14. The highest BCUT2D eigenvalue weighted by atomic mass is 16.4. The van der Waals surface area contributed by atoms with Crippen LogP contribution in [0.1, 0.15) is 70.3 Å². The molecule has 0 aromatic carbocycles. The van der Waals surface area contributed by atoms with Crippen LogP contribution >= 0.6 is 0 Å². The van der Waals surface area contributed by atoms with Crippen LogP contribution in [0.2, 0.25) is 0 Å². The minimum Gasteiger partial charge on any atom is -0.859 e. The number of aromatic amines is 1. The van der Waals surface area contributed by atoms with Crippen molar-refractivity contribution in [1.82, 2.24) is 9.97 Å². The zero-order chi connectivity index (χ0) is 26.2. The van der Waals surface area contributed by atoms with Crippen molar-refractivity contribution in [3.8, 4) is 5.88 Å². The summed E-state index contributed by atoms with van der Waals surface area (Å²) in [5.41, 5.74) is 12.6. The minimum atomic E-state index is -1.06. The van der Waals surface area contributed by atoms with E-state index in [0.717, 1.165) is 37.3 Å². The van der Waals surface area contributed by atoms with E-state index in [-0.39, 0.29) is 18.4 Å². The lowest BCUT2D eigenvalue weighted by Crippen LogP contribution is -2.24. The SMILES string of the molecule is CCCCCCCC[C@H](CC[C@@H]([N-]c1ccc[nH]1)/C(=C/C(=O)O)CN=C(N)N)Cc1ccc([O-])nc1. The van der Waals surface area contributed by atoms with Gasteiger partial charge in [-0.1, -0.05) is 88.1 Å². The Hall–Kier alpha value is -3.49. The highest BCUT2D eigenvalue weighted by Crippen LogP contribution is 2.30. The Kier molecular flexibility index (Phi) is 13.0. The third-order valence-electron chi connectivity index (χ3n) is 6.19. The number of aromatic nitrogens is 2. The molecule has 0 amide bonds. The summed E-state index contributed by atoms with van der Waals surface area (Å²) in [5.74, 6) is -0.371. The molecule has 0 bridgehead atoms. The van der Waals surface area contributed by atoms with Gasteiger partial charge < -0.3 is 32.0 Å². The molecule has 0 spiro atoms. The smallest absolute Gasteiger partial charge is 0.328 e. The molecule has 0 unspecified atom stereocenters. The van der Waals surface area contributed by atoms with E-state index < -0.39 is 12.0 Å². The standard InChI is InChI=1S/C27H41N6O3/c1-2-3-4-5-6-7-9-20(16-21-12-14-25(34)31-18-21)11-13-23(33-24-10-8-15-30-24)22(17-26(35)36)19-32-27(28)29/h8,10,12,14-15,17-18,20,23,30H,2-7,9,11,13,16,19H2,1H3,(H,31,34)(H,35,36)(H4,28,29,32)/q-1/p-1/b22-17+/t20-,23-/m1/s1. The minimum absolute atomic E-state index is 0.0699. The van der Waals surface area contributed by atoms with Crippen LogP contribution in [0.4, 0.5) is 5.82 Å². The molecule has 36 heavy (non-hydrogen) atoms. The molecule has 2 atom stereocenters. The van der Waals surface area contributed by atoms with E-state index in [4.69, 9.17) is 16.8 Å². The highest BCUT2D eigenvalue weighted by molar-refractivity contribution is 5.81. The molecule has 0 radical (unpaired) electrons. The number of nitrogens with zero attached hydrogens (tertiary/aromatic N) is 3. The molecule has 0 aliphatic heterocycles. The molecule has 0 saturated carbocycles. The van der Waals surface area contributed by atoms with E-state index >= 15 is 0 Å². The van der Waals surface area contributed by atoms with Gasteiger partial charge in [0.05, 0.1) is 6.54 Å². The summed E-state index contributed by atoms with van der Waals surface area (Å²) < 4.78 is 0. The molecule has 2 rings (SSSR count). The van der Waals surface area contributed by atoms with E-state index in [1.54, 1.807) is 12.4 Å². The van der Waals surface area contributed by atoms with Crippen LogP contribution in [0, 0.1) is 5.92 Å². The first kappa shape index (κ1) is 28.7. The predicted octanol–water partition coefficient (Wildman–Crippen LogP) is 4.53. The summed E-state index contributed by atoms with van der Waals surface area (Å²) in [5, 5.41) is 25.7. The van der Waals surface area contributed by atoms with Crippen molar-refractivity contribution in [3.05, 3.63) is 59.2 Å². The molecular formula is C27H40N6O3-2. The monoisotopic (exact) mass is 496 g/mol. The number of H-pyrrole nitrogens is 1. The number of aliphatic imine (C=N–C) groups is 1. The molecule has 6 N–H and O–H groups in total. The summed E-state index contributed by atoms with van der Waals surface area (Å²) in [7, 11) is 0.